The normalized spacial score (nSPS) is 10.6. The first kappa shape index (κ1) is 33.6. The predicted molar refractivity (Wildman–Crippen MR) is 128 cm³/mol. The van der Waals surface area contributed by atoms with E-state index in [1.54, 1.807) is 0 Å². The van der Waals surface area contributed by atoms with Gasteiger partial charge in [0.05, 0.1) is 13.2 Å². The highest BCUT2D eigenvalue weighted by Gasteiger charge is 2.31. The van der Waals surface area contributed by atoms with E-state index in [-0.39, 0.29) is 26.1 Å². The first-order valence-electron chi connectivity index (χ1n) is 12.2. The Labute approximate surface area is 231 Å². The van der Waals surface area contributed by atoms with E-state index in [4.69, 9.17) is 11.1 Å². The first-order valence-corrected chi connectivity index (χ1v) is 12.2. The van der Waals surface area contributed by atoms with E-state index in [1.165, 1.54) is 0 Å². The second-order valence-electron chi connectivity index (χ2n) is 8.44. The van der Waals surface area contributed by atoms with Crippen molar-refractivity contribution < 1.29 is 54.2 Å². The number of esters is 2. The summed E-state index contributed by atoms with van der Waals surface area (Å²) in [6, 6.07) is 0. The molecule has 2 aromatic carbocycles. The van der Waals surface area contributed by atoms with E-state index in [2.05, 4.69) is 29.5 Å². The summed E-state index contributed by atoms with van der Waals surface area (Å²) < 4.78 is 120. The molecule has 0 saturated carbocycles. The zero-order valence-electron chi connectivity index (χ0n) is 21.4. The lowest BCUT2D eigenvalue weighted by Crippen LogP contribution is -2.14. The van der Waals surface area contributed by atoms with Crippen molar-refractivity contribution in [3.63, 3.8) is 0 Å². The molecule has 0 saturated heterocycles. The molecule has 0 aliphatic carbocycles. The predicted octanol–water partition coefficient (Wildman–Crippen LogP) is 8.82. The van der Waals surface area contributed by atoms with Gasteiger partial charge in [0.25, 0.3) is 0 Å². The maximum Gasteiger partial charge on any atom is 0.344 e. The average Bonchev–Trinajstić information content (AvgIpc) is 2.96. The first-order chi connectivity index (χ1) is 20.0. The minimum absolute atomic E-state index is 0.269. The molecule has 0 radical (unpaired) electrons. The number of unbranched alkanes of at least 4 members (excludes halogenated alkanes) is 7. The summed E-state index contributed by atoms with van der Waals surface area (Å²) >= 11 is 0. The van der Waals surface area contributed by atoms with Crippen LogP contribution in [0.3, 0.4) is 0 Å². The Bertz CT molecular complexity index is 1280. The van der Waals surface area contributed by atoms with Crippen molar-refractivity contribution in [1.29, 1.82) is 0 Å². The minimum atomic E-state index is -2.06. The summed E-state index contributed by atoms with van der Waals surface area (Å²) in [6.07, 6.45) is 4.31. The Kier molecular flexibility index (Phi) is 12.8. The number of benzene rings is 2. The lowest BCUT2D eigenvalue weighted by Gasteiger charge is -2.10. The Morgan fingerprint density at radius 3 is 1.02 bits per heavy atom. The van der Waals surface area contributed by atoms with Crippen molar-refractivity contribution in [2.45, 2.75) is 51.4 Å². The van der Waals surface area contributed by atoms with Crippen molar-refractivity contribution in [2.75, 3.05) is 13.2 Å². The number of nitrogens with zero attached hydrogens (tertiary/aromatic N) is 6. The lowest BCUT2D eigenvalue weighted by atomic mass is 10.1. The third-order valence-corrected chi connectivity index (χ3v) is 5.68. The van der Waals surface area contributed by atoms with E-state index in [0.29, 0.717) is 38.5 Å². The molecule has 0 N–H and O–H groups in total. The molecule has 226 valence electrons. The fourth-order valence-corrected chi connectivity index (χ4v) is 3.60. The molecule has 10 nitrogen and oxygen atoms in total. The lowest BCUT2D eigenvalue weighted by molar-refractivity contribution is 0.0473. The number of rotatable bonds is 15. The van der Waals surface area contributed by atoms with Gasteiger partial charge in [-0.3, -0.25) is 0 Å². The molecule has 0 unspecified atom stereocenters. The molecule has 0 bridgehead atoms. The Morgan fingerprint density at radius 2 is 0.762 bits per heavy atom. The van der Waals surface area contributed by atoms with Gasteiger partial charge in [-0.1, -0.05) is 48.8 Å². The van der Waals surface area contributed by atoms with Crippen molar-refractivity contribution in [2.24, 2.45) is 10.2 Å². The molecule has 0 aliphatic rings. The van der Waals surface area contributed by atoms with Crippen molar-refractivity contribution in [3.8, 4) is 0 Å². The number of carbonyl (C=O) groups is 2. The average molecular weight is 608 g/mol. The van der Waals surface area contributed by atoms with Crippen LogP contribution in [0.15, 0.2) is 10.2 Å². The summed E-state index contributed by atoms with van der Waals surface area (Å²) in [7, 11) is 0. The van der Waals surface area contributed by atoms with Gasteiger partial charge >= 0.3 is 11.9 Å². The quantitative estimate of drug-likeness (QED) is 0.0377. The summed E-state index contributed by atoms with van der Waals surface area (Å²) in [5.41, 5.74) is 10.1. The highest BCUT2D eigenvalue weighted by molar-refractivity contribution is 5.91. The largest absolute Gasteiger partial charge is 0.462 e. The van der Waals surface area contributed by atoms with Gasteiger partial charge in [0, 0.05) is 9.82 Å². The van der Waals surface area contributed by atoms with Crippen LogP contribution in [0.25, 0.3) is 20.9 Å². The molecule has 2 aromatic rings. The molecule has 0 spiro atoms. The van der Waals surface area contributed by atoms with E-state index in [1.807, 2.05) is 0 Å². The Hall–Kier alpha value is -4.56. The number of azide groups is 2. The van der Waals surface area contributed by atoms with Gasteiger partial charge in [0.1, 0.15) is 22.5 Å². The number of halogens is 8. The minimum Gasteiger partial charge on any atom is -0.462 e. The van der Waals surface area contributed by atoms with Gasteiger partial charge < -0.3 is 9.47 Å². The second kappa shape index (κ2) is 16.0. The van der Waals surface area contributed by atoms with E-state index in [0.717, 1.165) is 0 Å². The zero-order chi connectivity index (χ0) is 31.4. The SMILES string of the molecule is [N-]=[N+]=Nc1c(F)c(F)c(C(=O)OCCCCCCCCCCOC(=O)c2c(F)c(F)c(N=[N+]=[N-])c(F)c2F)c(F)c1F. The van der Waals surface area contributed by atoms with E-state index in [9.17, 15) is 44.7 Å². The molecule has 42 heavy (non-hydrogen) atoms. The van der Waals surface area contributed by atoms with Crippen LogP contribution in [0.2, 0.25) is 0 Å². The molecule has 0 fully saturated rings. The molecule has 0 amide bonds. The fourth-order valence-electron chi connectivity index (χ4n) is 3.60. The van der Waals surface area contributed by atoms with Crippen LogP contribution < -0.4 is 0 Å². The maximum atomic E-state index is 14.0. The summed E-state index contributed by atoms with van der Waals surface area (Å²) in [5, 5.41) is 5.03. The number of carbonyl (C=O) groups excluding carboxylic acids is 2. The topological polar surface area (TPSA) is 150 Å². The van der Waals surface area contributed by atoms with Crippen LogP contribution in [-0.4, -0.2) is 25.2 Å². The van der Waals surface area contributed by atoms with Gasteiger partial charge in [0.15, 0.2) is 46.5 Å². The number of hydrogen-bond acceptors (Lipinski definition) is 6. The zero-order valence-corrected chi connectivity index (χ0v) is 21.4. The van der Waals surface area contributed by atoms with Crippen LogP contribution in [-0.2, 0) is 9.47 Å². The molecule has 2 rings (SSSR count). The summed E-state index contributed by atoms with van der Waals surface area (Å²) in [6.45, 7) is -0.596. The summed E-state index contributed by atoms with van der Waals surface area (Å²) in [4.78, 5) is 27.9. The van der Waals surface area contributed by atoms with E-state index >= 15 is 0 Å². The molecule has 0 aliphatic heterocycles. The van der Waals surface area contributed by atoms with Gasteiger partial charge in [-0.25, -0.2) is 44.7 Å². The third-order valence-electron chi connectivity index (χ3n) is 5.68. The number of ether oxygens (including phenoxy) is 2. The molecule has 0 heterocycles. The Balaban J connectivity index is 1.65. The van der Waals surface area contributed by atoms with Crippen LogP contribution in [0.1, 0.15) is 72.1 Å². The van der Waals surface area contributed by atoms with E-state index < -0.39 is 81.0 Å². The van der Waals surface area contributed by atoms with Crippen LogP contribution in [0.5, 0.6) is 0 Å². The molecular formula is C24H20F8N6O4. The van der Waals surface area contributed by atoms with Crippen molar-refractivity contribution >= 4 is 23.3 Å². The molecular weight excluding hydrogens is 588 g/mol. The van der Waals surface area contributed by atoms with Gasteiger partial charge in [0.2, 0.25) is 0 Å². The third kappa shape index (κ3) is 8.01. The fraction of sp³-hybridized carbons (Fsp3) is 0.417. The standard InChI is InChI=1S/C24H20F8N6O4/c25-13-11(14(26)18(30)21(17(13)29)35-37-33)23(39)41-9-7-5-3-1-2-4-6-8-10-42-24(40)12-15(27)19(31)22(36-38-34)20(32)16(12)28/h1-10H2. The maximum absolute atomic E-state index is 14.0. The van der Waals surface area contributed by atoms with Gasteiger partial charge in [-0.05, 0) is 23.9 Å². The summed E-state index contributed by atoms with van der Waals surface area (Å²) in [5.74, 6) is -19.7. The number of hydrogen-bond donors (Lipinski definition) is 0. The van der Waals surface area contributed by atoms with Crippen LogP contribution in [0.4, 0.5) is 46.5 Å². The second-order valence-corrected chi connectivity index (χ2v) is 8.44. The molecule has 18 heteroatoms. The smallest absolute Gasteiger partial charge is 0.344 e. The van der Waals surface area contributed by atoms with Gasteiger partial charge in [-0.2, -0.15) is 0 Å². The monoisotopic (exact) mass is 608 g/mol. The molecule has 0 aromatic heterocycles. The molecule has 0 atom stereocenters. The van der Waals surface area contributed by atoms with Crippen molar-refractivity contribution in [3.05, 3.63) is 78.6 Å². The highest BCUT2D eigenvalue weighted by atomic mass is 19.2. The van der Waals surface area contributed by atoms with Crippen LogP contribution >= 0.6 is 0 Å². The van der Waals surface area contributed by atoms with Crippen LogP contribution in [0, 0.1) is 46.5 Å². The van der Waals surface area contributed by atoms with Gasteiger partial charge in [-0.15, -0.1) is 0 Å². The highest BCUT2D eigenvalue weighted by Crippen LogP contribution is 2.32. The van der Waals surface area contributed by atoms with Crippen molar-refractivity contribution in [1.82, 2.24) is 0 Å². The Morgan fingerprint density at radius 1 is 0.500 bits per heavy atom.